The van der Waals surface area contributed by atoms with Crippen molar-refractivity contribution in [2.75, 3.05) is 5.32 Å². The summed E-state index contributed by atoms with van der Waals surface area (Å²) >= 11 is 0. The molecule has 0 spiro atoms. The largest absolute Gasteiger partial charge is 0.326 e. The molecule has 26 heavy (non-hydrogen) atoms. The summed E-state index contributed by atoms with van der Waals surface area (Å²) in [4.78, 5) is 12.3. The summed E-state index contributed by atoms with van der Waals surface area (Å²) in [5.74, 6) is -0.0695. The van der Waals surface area contributed by atoms with Crippen LogP contribution in [0, 0.1) is 6.92 Å². The van der Waals surface area contributed by atoms with Gasteiger partial charge in [-0.15, -0.1) is 0 Å². The van der Waals surface area contributed by atoms with E-state index in [9.17, 15) is 13.2 Å². The second-order valence-corrected chi connectivity index (χ2v) is 9.10. The number of carbonyl (C=O) groups is 1. The van der Waals surface area contributed by atoms with Crippen LogP contribution < -0.4 is 10.0 Å². The molecule has 0 atom stereocenters. The Hall–Kier alpha value is -2.18. The van der Waals surface area contributed by atoms with Crippen molar-refractivity contribution in [3.8, 4) is 0 Å². The molecule has 140 valence electrons. The number of hydrogen-bond acceptors (Lipinski definition) is 3. The number of amides is 1. The molecule has 2 aromatic carbocycles. The average Bonchev–Trinajstić information content (AvgIpc) is 2.53. The van der Waals surface area contributed by atoms with E-state index in [-0.39, 0.29) is 10.8 Å². The summed E-state index contributed by atoms with van der Waals surface area (Å²) in [6.45, 7) is 7.38. The fourth-order valence-corrected chi connectivity index (χ4v) is 3.83. The number of nitrogens with one attached hydrogen (secondary N) is 2. The predicted octanol–water partition coefficient (Wildman–Crippen LogP) is 3.64. The molecular weight excluding hydrogens is 348 g/mol. The first-order chi connectivity index (χ1) is 12.0. The van der Waals surface area contributed by atoms with Gasteiger partial charge in [0.05, 0.1) is 4.90 Å². The number of carbonyl (C=O) groups excluding carboxylic acids is 1. The predicted molar refractivity (Wildman–Crippen MR) is 105 cm³/mol. The van der Waals surface area contributed by atoms with E-state index in [0.29, 0.717) is 12.8 Å². The van der Waals surface area contributed by atoms with Gasteiger partial charge in [-0.05, 0) is 63.9 Å². The lowest BCUT2D eigenvalue weighted by molar-refractivity contribution is -0.116. The first-order valence-corrected chi connectivity index (χ1v) is 10.0. The van der Waals surface area contributed by atoms with Crippen LogP contribution in [0.15, 0.2) is 53.4 Å². The maximum atomic E-state index is 12.3. The summed E-state index contributed by atoms with van der Waals surface area (Å²) in [7, 11) is -3.54. The number of aryl methyl sites for hydroxylation is 2. The van der Waals surface area contributed by atoms with Crippen molar-refractivity contribution in [1.82, 2.24) is 4.72 Å². The number of hydrogen-bond donors (Lipinski definition) is 2. The Morgan fingerprint density at radius 3 is 2.08 bits per heavy atom. The van der Waals surface area contributed by atoms with Crippen LogP contribution in [0.2, 0.25) is 0 Å². The zero-order valence-corrected chi connectivity index (χ0v) is 16.5. The van der Waals surface area contributed by atoms with Gasteiger partial charge in [0.15, 0.2) is 0 Å². The molecule has 0 bridgehead atoms. The van der Waals surface area contributed by atoms with Gasteiger partial charge in [0, 0.05) is 17.6 Å². The van der Waals surface area contributed by atoms with E-state index in [4.69, 9.17) is 0 Å². The molecule has 0 aliphatic carbocycles. The Morgan fingerprint density at radius 1 is 0.962 bits per heavy atom. The third-order valence-electron chi connectivity index (χ3n) is 3.65. The lowest BCUT2D eigenvalue weighted by atomic mass is 10.1. The fourth-order valence-electron chi connectivity index (χ4n) is 2.42. The maximum absolute atomic E-state index is 12.3. The second kappa shape index (κ2) is 8.01. The van der Waals surface area contributed by atoms with Gasteiger partial charge in [0.1, 0.15) is 0 Å². The quantitative estimate of drug-likeness (QED) is 0.810. The van der Waals surface area contributed by atoms with E-state index >= 15 is 0 Å². The van der Waals surface area contributed by atoms with Crippen LogP contribution in [0.25, 0.3) is 0 Å². The Balaban J connectivity index is 1.92. The average molecular weight is 375 g/mol. The van der Waals surface area contributed by atoms with Crippen LogP contribution >= 0.6 is 0 Å². The summed E-state index contributed by atoms with van der Waals surface area (Å²) in [5.41, 5.74) is 2.29. The zero-order chi connectivity index (χ0) is 19.4. The van der Waals surface area contributed by atoms with Gasteiger partial charge in [-0.1, -0.05) is 29.8 Å². The standard InChI is InChI=1S/C20H26N2O3S/c1-15-5-10-17(11-6-15)21-19(23)14-9-16-7-12-18(13-8-16)26(24,25)22-20(2,3)4/h5-8,10-13,22H,9,14H2,1-4H3,(H,21,23). The Bertz CT molecular complexity index is 849. The Morgan fingerprint density at radius 2 is 1.54 bits per heavy atom. The highest BCUT2D eigenvalue weighted by atomic mass is 32.2. The van der Waals surface area contributed by atoms with Crippen molar-refractivity contribution < 1.29 is 13.2 Å². The molecule has 0 unspecified atom stereocenters. The van der Waals surface area contributed by atoms with E-state index in [1.165, 1.54) is 0 Å². The van der Waals surface area contributed by atoms with E-state index in [1.54, 1.807) is 45.0 Å². The van der Waals surface area contributed by atoms with Gasteiger partial charge in [-0.2, -0.15) is 0 Å². The lowest BCUT2D eigenvalue weighted by Gasteiger charge is -2.20. The Labute approximate surface area is 155 Å². The van der Waals surface area contributed by atoms with E-state index in [2.05, 4.69) is 10.0 Å². The number of benzene rings is 2. The molecule has 1 amide bonds. The van der Waals surface area contributed by atoms with Gasteiger partial charge < -0.3 is 5.32 Å². The highest BCUT2D eigenvalue weighted by Crippen LogP contribution is 2.15. The monoisotopic (exact) mass is 374 g/mol. The molecule has 0 saturated heterocycles. The third kappa shape index (κ3) is 6.28. The van der Waals surface area contributed by atoms with Crippen molar-refractivity contribution in [3.63, 3.8) is 0 Å². The van der Waals surface area contributed by atoms with Gasteiger partial charge in [0.2, 0.25) is 15.9 Å². The van der Waals surface area contributed by atoms with Crippen LogP contribution in [0.3, 0.4) is 0 Å². The maximum Gasteiger partial charge on any atom is 0.241 e. The third-order valence-corrected chi connectivity index (χ3v) is 5.42. The zero-order valence-electron chi connectivity index (χ0n) is 15.7. The molecule has 6 heteroatoms. The Kier molecular flexibility index (Phi) is 6.21. The lowest BCUT2D eigenvalue weighted by Crippen LogP contribution is -2.40. The summed E-state index contributed by atoms with van der Waals surface area (Å²) in [6.07, 6.45) is 0.880. The molecule has 0 fully saturated rings. The normalized spacial score (nSPS) is 12.0. The van der Waals surface area contributed by atoms with Gasteiger partial charge in [-0.3, -0.25) is 4.79 Å². The number of anilines is 1. The van der Waals surface area contributed by atoms with Crippen LogP contribution in [-0.4, -0.2) is 19.9 Å². The molecule has 0 heterocycles. The van der Waals surface area contributed by atoms with E-state index in [0.717, 1.165) is 16.8 Å². The molecule has 2 aromatic rings. The fraction of sp³-hybridized carbons (Fsp3) is 0.350. The molecule has 0 aliphatic rings. The first kappa shape index (κ1) is 20.1. The molecule has 0 saturated carbocycles. The number of sulfonamides is 1. The molecule has 0 aliphatic heterocycles. The van der Waals surface area contributed by atoms with Gasteiger partial charge in [-0.25, -0.2) is 13.1 Å². The minimum atomic E-state index is -3.54. The summed E-state index contributed by atoms with van der Waals surface area (Å²) in [6, 6.07) is 14.3. The van der Waals surface area contributed by atoms with Gasteiger partial charge >= 0.3 is 0 Å². The van der Waals surface area contributed by atoms with Crippen molar-refractivity contribution in [1.29, 1.82) is 0 Å². The molecule has 2 N–H and O–H groups in total. The van der Waals surface area contributed by atoms with E-state index in [1.807, 2.05) is 31.2 Å². The molecule has 0 radical (unpaired) electrons. The van der Waals surface area contributed by atoms with Crippen molar-refractivity contribution in [3.05, 3.63) is 59.7 Å². The summed E-state index contributed by atoms with van der Waals surface area (Å²) in [5, 5.41) is 2.86. The molecular formula is C20H26N2O3S. The van der Waals surface area contributed by atoms with Crippen LogP contribution in [0.1, 0.15) is 38.3 Å². The summed E-state index contributed by atoms with van der Waals surface area (Å²) < 4.78 is 27.2. The van der Waals surface area contributed by atoms with Crippen LogP contribution in [0.5, 0.6) is 0 Å². The molecule has 2 rings (SSSR count). The van der Waals surface area contributed by atoms with Crippen molar-refractivity contribution in [2.24, 2.45) is 0 Å². The first-order valence-electron chi connectivity index (χ1n) is 8.55. The highest BCUT2D eigenvalue weighted by Gasteiger charge is 2.21. The molecule has 5 nitrogen and oxygen atoms in total. The van der Waals surface area contributed by atoms with Crippen LogP contribution in [0.4, 0.5) is 5.69 Å². The minimum absolute atomic E-state index is 0.0695. The second-order valence-electron chi connectivity index (χ2n) is 7.41. The topological polar surface area (TPSA) is 75.3 Å². The highest BCUT2D eigenvalue weighted by molar-refractivity contribution is 7.89. The van der Waals surface area contributed by atoms with E-state index < -0.39 is 15.6 Å². The van der Waals surface area contributed by atoms with Crippen LogP contribution in [-0.2, 0) is 21.2 Å². The molecule has 0 aromatic heterocycles. The smallest absolute Gasteiger partial charge is 0.241 e. The SMILES string of the molecule is Cc1ccc(NC(=O)CCc2ccc(S(=O)(=O)NC(C)(C)C)cc2)cc1. The van der Waals surface area contributed by atoms with Crippen molar-refractivity contribution in [2.45, 2.75) is 51.0 Å². The number of rotatable bonds is 6. The minimum Gasteiger partial charge on any atom is -0.326 e. The van der Waals surface area contributed by atoms with Crippen molar-refractivity contribution >= 4 is 21.6 Å². The van der Waals surface area contributed by atoms with Gasteiger partial charge in [0.25, 0.3) is 0 Å².